The van der Waals surface area contributed by atoms with E-state index in [2.05, 4.69) is 18.2 Å². The molecule has 1 heterocycles. The van der Waals surface area contributed by atoms with E-state index >= 15 is 0 Å². The van der Waals surface area contributed by atoms with Crippen LogP contribution in [0.1, 0.15) is 0 Å². The molecular formula is C12H12O3. The molecule has 78 valence electrons. The summed E-state index contributed by atoms with van der Waals surface area (Å²) in [6.07, 6.45) is 0. The third-order valence-electron chi connectivity index (χ3n) is 2.23. The van der Waals surface area contributed by atoms with Gasteiger partial charge in [-0.1, -0.05) is 42.5 Å². The van der Waals surface area contributed by atoms with Gasteiger partial charge in [0.15, 0.2) is 11.5 Å². The van der Waals surface area contributed by atoms with Crippen molar-refractivity contribution in [2.24, 2.45) is 0 Å². The molecule has 1 aliphatic rings. The summed E-state index contributed by atoms with van der Waals surface area (Å²) in [7, 11) is 0. The van der Waals surface area contributed by atoms with Crippen LogP contribution in [0.3, 0.4) is 0 Å². The van der Waals surface area contributed by atoms with Crippen molar-refractivity contribution in [1.82, 2.24) is 0 Å². The minimum atomic E-state index is 0. The number of hydrogen-bond donors (Lipinski definition) is 0. The van der Waals surface area contributed by atoms with Gasteiger partial charge in [-0.25, -0.2) is 0 Å². The van der Waals surface area contributed by atoms with Crippen LogP contribution >= 0.6 is 0 Å². The zero-order chi connectivity index (χ0) is 8.67. The monoisotopic (exact) mass is 204 g/mol. The fourth-order valence-corrected chi connectivity index (χ4v) is 1.53. The highest BCUT2D eigenvalue weighted by atomic mass is 16.6. The molecule has 0 spiro atoms. The second kappa shape index (κ2) is 4.13. The highest BCUT2D eigenvalue weighted by Gasteiger charge is 2.23. The van der Waals surface area contributed by atoms with Crippen LogP contribution in [-0.4, -0.2) is 11.0 Å². The van der Waals surface area contributed by atoms with Crippen LogP contribution in [-0.2, 0) is 0 Å². The Bertz CT molecular complexity index is 452. The average Bonchev–Trinajstić information content (AvgIpc) is 2.97. The fraction of sp³-hybridized carbons (Fsp3) is 0. The van der Waals surface area contributed by atoms with Gasteiger partial charge in [-0.15, -0.1) is 0 Å². The SMILES string of the molecule is O.O.c1ccc(-c2cccc3c2O3)cc1. The maximum absolute atomic E-state index is 5.32. The maximum Gasteiger partial charge on any atom is 0.177 e. The Morgan fingerprint density at radius 2 is 1.47 bits per heavy atom. The van der Waals surface area contributed by atoms with Gasteiger partial charge in [0, 0.05) is 5.56 Å². The molecule has 0 bridgehead atoms. The molecule has 0 atom stereocenters. The number of para-hydroxylation sites is 1. The highest BCUT2D eigenvalue weighted by molar-refractivity contribution is 5.79. The van der Waals surface area contributed by atoms with Gasteiger partial charge in [0.25, 0.3) is 0 Å². The summed E-state index contributed by atoms with van der Waals surface area (Å²) in [4.78, 5) is 0. The quantitative estimate of drug-likeness (QED) is 0.557. The fourth-order valence-electron chi connectivity index (χ4n) is 1.53. The van der Waals surface area contributed by atoms with Crippen molar-refractivity contribution in [3.8, 4) is 22.6 Å². The van der Waals surface area contributed by atoms with Crippen LogP contribution < -0.4 is 4.74 Å². The summed E-state index contributed by atoms with van der Waals surface area (Å²) >= 11 is 0. The molecule has 0 saturated heterocycles. The molecule has 0 amide bonds. The van der Waals surface area contributed by atoms with E-state index in [1.165, 1.54) is 11.1 Å². The molecule has 2 aromatic rings. The molecule has 0 fully saturated rings. The lowest BCUT2D eigenvalue weighted by atomic mass is 10.1. The lowest BCUT2D eigenvalue weighted by Crippen LogP contribution is -1.71. The Morgan fingerprint density at radius 3 is 2.20 bits per heavy atom. The van der Waals surface area contributed by atoms with Gasteiger partial charge < -0.3 is 15.7 Å². The van der Waals surface area contributed by atoms with E-state index in [1.54, 1.807) is 0 Å². The molecule has 3 rings (SSSR count). The Hall–Kier alpha value is -1.84. The van der Waals surface area contributed by atoms with E-state index in [0.29, 0.717) is 0 Å². The van der Waals surface area contributed by atoms with Crippen LogP contribution in [0.2, 0.25) is 0 Å². The standard InChI is InChI=1S/C12H8O.2H2O/c1-2-5-9(6-3-1)10-7-4-8-11-12(10)13-11;;/h1-8H;2*1H2. The number of fused-ring (bicyclic) bond motifs is 1. The number of rotatable bonds is 1. The van der Waals surface area contributed by atoms with E-state index in [4.69, 9.17) is 4.74 Å². The first-order valence-electron chi connectivity index (χ1n) is 4.31. The van der Waals surface area contributed by atoms with E-state index < -0.39 is 0 Å². The predicted octanol–water partition coefficient (Wildman–Crippen LogP) is 1.81. The van der Waals surface area contributed by atoms with E-state index in [0.717, 1.165) is 11.5 Å². The Labute approximate surface area is 87.6 Å². The first-order valence-corrected chi connectivity index (χ1v) is 4.31. The molecular weight excluding hydrogens is 192 g/mol. The molecule has 0 aliphatic carbocycles. The average molecular weight is 204 g/mol. The smallest absolute Gasteiger partial charge is 0.177 e. The lowest BCUT2D eigenvalue weighted by molar-refractivity contribution is 0.651. The molecule has 15 heavy (non-hydrogen) atoms. The molecule has 0 aromatic heterocycles. The summed E-state index contributed by atoms with van der Waals surface area (Å²) in [6.45, 7) is 0. The molecule has 0 unspecified atom stereocenters. The zero-order valence-electron chi connectivity index (χ0n) is 8.03. The summed E-state index contributed by atoms with van der Waals surface area (Å²) < 4.78 is 5.32. The van der Waals surface area contributed by atoms with Crippen LogP contribution in [0.5, 0.6) is 11.5 Å². The van der Waals surface area contributed by atoms with Gasteiger partial charge in [0.2, 0.25) is 0 Å². The molecule has 0 radical (unpaired) electrons. The first kappa shape index (κ1) is 11.2. The van der Waals surface area contributed by atoms with Crippen LogP contribution in [0, 0.1) is 0 Å². The first-order chi connectivity index (χ1) is 6.45. The van der Waals surface area contributed by atoms with Gasteiger partial charge in [-0.05, 0) is 11.6 Å². The normalized spacial score (nSPS) is 10.1. The van der Waals surface area contributed by atoms with E-state index in [1.807, 2.05) is 30.3 Å². The Kier molecular flexibility index (Phi) is 3.09. The van der Waals surface area contributed by atoms with Gasteiger partial charge in [0.1, 0.15) is 0 Å². The summed E-state index contributed by atoms with van der Waals surface area (Å²) in [5, 5.41) is 0. The second-order valence-electron chi connectivity index (χ2n) is 3.10. The van der Waals surface area contributed by atoms with Gasteiger partial charge in [-0.2, -0.15) is 0 Å². The summed E-state index contributed by atoms with van der Waals surface area (Å²) in [5.41, 5.74) is 2.41. The molecule has 2 aromatic carbocycles. The zero-order valence-corrected chi connectivity index (χ0v) is 8.03. The van der Waals surface area contributed by atoms with Crippen molar-refractivity contribution < 1.29 is 15.7 Å². The molecule has 4 N–H and O–H groups in total. The molecule has 3 heteroatoms. The van der Waals surface area contributed by atoms with E-state index in [-0.39, 0.29) is 11.0 Å². The maximum atomic E-state index is 5.32. The Morgan fingerprint density at radius 1 is 0.733 bits per heavy atom. The van der Waals surface area contributed by atoms with Crippen molar-refractivity contribution in [1.29, 1.82) is 0 Å². The molecule has 0 saturated carbocycles. The van der Waals surface area contributed by atoms with Crippen molar-refractivity contribution in [2.45, 2.75) is 0 Å². The van der Waals surface area contributed by atoms with Gasteiger partial charge in [0.05, 0.1) is 0 Å². The largest absolute Gasteiger partial charge is 0.449 e. The topological polar surface area (TPSA) is 75.5 Å². The molecule has 3 nitrogen and oxygen atoms in total. The summed E-state index contributed by atoms with van der Waals surface area (Å²) in [6, 6.07) is 16.4. The van der Waals surface area contributed by atoms with E-state index in [9.17, 15) is 0 Å². The third-order valence-corrected chi connectivity index (χ3v) is 2.23. The third kappa shape index (κ3) is 1.83. The minimum absolute atomic E-state index is 0. The van der Waals surface area contributed by atoms with Crippen LogP contribution in [0.4, 0.5) is 0 Å². The van der Waals surface area contributed by atoms with Crippen LogP contribution in [0.25, 0.3) is 11.1 Å². The number of ether oxygens (including phenoxy) is 1. The highest BCUT2D eigenvalue weighted by Crippen LogP contribution is 2.51. The molecule has 1 aliphatic heterocycles. The summed E-state index contributed by atoms with van der Waals surface area (Å²) in [5.74, 6) is 2.05. The lowest BCUT2D eigenvalue weighted by Gasteiger charge is -1.96. The number of benzene rings is 2. The van der Waals surface area contributed by atoms with Gasteiger partial charge in [-0.3, -0.25) is 0 Å². The van der Waals surface area contributed by atoms with Crippen molar-refractivity contribution in [2.75, 3.05) is 0 Å². The van der Waals surface area contributed by atoms with Gasteiger partial charge >= 0.3 is 0 Å². The minimum Gasteiger partial charge on any atom is -0.449 e. The predicted molar refractivity (Wildman–Crippen MR) is 59.2 cm³/mol. The number of hydrogen-bond acceptors (Lipinski definition) is 1. The Balaban J connectivity index is 0.000000562. The van der Waals surface area contributed by atoms with Crippen molar-refractivity contribution in [3.05, 3.63) is 48.5 Å². The van der Waals surface area contributed by atoms with Crippen molar-refractivity contribution >= 4 is 0 Å². The van der Waals surface area contributed by atoms with Crippen LogP contribution in [0.15, 0.2) is 48.5 Å². The van der Waals surface area contributed by atoms with Crippen molar-refractivity contribution in [3.63, 3.8) is 0 Å². The second-order valence-corrected chi connectivity index (χ2v) is 3.10.